The highest BCUT2D eigenvalue weighted by atomic mass is 16.6. The van der Waals surface area contributed by atoms with Crippen molar-refractivity contribution < 1.29 is 14.5 Å². The van der Waals surface area contributed by atoms with Crippen molar-refractivity contribution in [1.29, 1.82) is 0 Å². The van der Waals surface area contributed by atoms with Crippen LogP contribution >= 0.6 is 0 Å². The summed E-state index contributed by atoms with van der Waals surface area (Å²) in [6.07, 6.45) is 0. The molecular weight excluding hydrogens is 226 g/mol. The Morgan fingerprint density at radius 3 is 2.94 bits per heavy atom. The predicted molar refractivity (Wildman–Crippen MR) is 60.0 cm³/mol. The average molecular weight is 237 g/mol. The Bertz CT molecular complexity index is 475. The molecule has 1 amide bonds. The highest BCUT2D eigenvalue weighted by molar-refractivity contribution is 5.98. The summed E-state index contributed by atoms with van der Waals surface area (Å²) in [5.74, 6) is 0.143. The van der Waals surface area contributed by atoms with Crippen LogP contribution in [0, 0.1) is 10.1 Å². The van der Waals surface area contributed by atoms with E-state index >= 15 is 0 Å². The number of hydrogen-bond acceptors (Lipinski definition) is 5. The third kappa shape index (κ3) is 2.04. The maximum atomic E-state index is 11.6. The molecule has 0 fully saturated rings. The minimum Gasteiger partial charge on any atom is -0.481 e. The quantitative estimate of drug-likeness (QED) is 0.601. The first kappa shape index (κ1) is 11.3. The Morgan fingerprint density at radius 1 is 1.53 bits per heavy atom. The Hall–Kier alpha value is -2.15. The summed E-state index contributed by atoms with van der Waals surface area (Å²) >= 11 is 0. The molecule has 17 heavy (non-hydrogen) atoms. The molecule has 0 spiro atoms. The standard InChI is InChI=1S/C10H11N3O4/c11-3-4-12-8-2-1-7(13(15)16)5-9(8)17-6-10(12)14/h1-2,5H,3-4,6,11H2. The molecule has 1 aromatic rings. The van der Waals surface area contributed by atoms with Gasteiger partial charge in [0.25, 0.3) is 11.6 Å². The summed E-state index contributed by atoms with van der Waals surface area (Å²) in [5.41, 5.74) is 5.88. The maximum absolute atomic E-state index is 11.6. The van der Waals surface area contributed by atoms with Crippen LogP contribution in [0.5, 0.6) is 5.75 Å². The van der Waals surface area contributed by atoms with Gasteiger partial charge in [-0.2, -0.15) is 0 Å². The second-order valence-corrected chi connectivity index (χ2v) is 3.53. The van der Waals surface area contributed by atoms with Crippen LogP contribution in [0.1, 0.15) is 0 Å². The van der Waals surface area contributed by atoms with E-state index in [0.29, 0.717) is 24.5 Å². The number of benzene rings is 1. The Kier molecular flexibility index (Phi) is 2.92. The van der Waals surface area contributed by atoms with Crippen LogP contribution in [0.25, 0.3) is 0 Å². The number of nitrogens with two attached hydrogens (primary N) is 1. The monoisotopic (exact) mass is 237 g/mol. The molecule has 7 heteroatoms. The van der Waals surface area contributed by atoms with Crippen molar-refractivity contribution in [3.63, 3.8) is 0 Å². The first-order chi connectivity index (χ1) is 8.13. The fraction of sp³-hybridized carbons (Fsp3) is 0.300. The summed E-state index contributed by atoms with van der Waals surface area (Å²) in [5, 5.41) is 10.6. The molecule has 0 aliphatic carbocycles. The Morgan fingerprint density at radius 2 is 2.29 bits per heavy atom. The molecule has 0 atom stereocenters. The number of nitro benzene ring substituents is 1. The normalized spacial score (nSPS) is 14.2. The zero-order valence-corrected chi connectivity index (χ0v) is 8.96. The Balaban J connectivity index is 2.40. The van der Waals surface area contributed by atoms with Gasteiger partial charge in [0.15, 0.2) is 12.4 Å². The lowest BCUT2D eigenvalue weighted by Crippen LogP contribution is -2.41. The molecule has 0 aromatic heterocycles. The number of fused-ring (bicyclic) bond motifs is 1. The smallest absolute Gasteiger partial charge is 0.273 e. The molecule has 0 radical (unpaired) electrons. The second-order valence-electron chi connectivity index (χ2n) is 3.53. The van der Waals surface area contributed by atoms with E-state index in [1.54, 1.807) is 0 Å². The van der Waals surface area contributed by atoms with Gasteiger partial charge in [-0.1, -0.05) is 0 Å². The topological polar surface area (TPSA) is 98.7 Å². The van der Waals surface area contributed by atoms with Gasteiger partial charge in [0.2, 0.25) is 0 Å². The first-order valence-electron chi connectivity index (χ1n) is 5.05. The maximum Gasteiger partial charge on any atom is 0.273 e. The second kappa shape index (κ2) is 4.38. The fourth-order valence-electron chi connectivity index (χ4n) is 1.68. The number of ether oxygens (including phenoxy) is 1. The number of non-ortho nitro benzene ring substituents is 1. The first-order valence-corrected chi connectivity index (χ1v) is 5.05. The van der Waals surface area contributed by atoms with E-state index in [1.807, 2.05) is 0 Å². The van der Waals surface area contributed by atoms with E-state index < -0.39 is 4.92 Å². The third-order valence-electron chi connectivity index (χ3n) is 2.45. The lowest BCUT2D eigenvalue weighted by Gasteiger charge is -2.28. The van der Waals surface area contributed by atoms with Gasteiger partial charge in [0, 0.05) is 19.2 Å². The molecular formula is C10H11N3O4. The zero-order chi connectivity index (χ0) is 12.4. The van der Waals surface area contributed by atoms with Crippen molar-refractivity contribution in [2.45, 2.75) is 0 Å². The van der Waals surface area contributed by atoms with Crippen molar-refractivity contribution in [3.8, 4) is 5.75 Å². The Labute approximate surface area is 96.9 Å². The molecule has 7 nitrogen and oxygen atoms in total. The number of nitro groups is 1. The van der Waals surface area contributed by atoms with Crippen LogP contribution < -0.4 is 15.4 Å². The summed E-state index contributed by atoms with van der Waals surface area (Å²) in [6.45, 7) is 0.573. The highest BCUT2D eigenvalue weighted by Gasteiger charge is 2.26. The van der Waals surface area contributed by atoms with Gasteiger partial charge in [0.1, 0.15) is 0 Å². The summed E-state index contributed by atoms with van der Waals surface area (Å²) < 4.78 is 5.17. The van der Waals surface area contributed by atoms with Gasteiger partial charge in [-0.25, -0.2) is 0 Å². The van der Waals surface area contributed by atoms with E-state index in [0.717, 1.165) is 0 Å². The van der Waals surface area contributed by atoms with Crippen LogP contribution in [0.2, 0.25) is 0 Å². The third-order valence-corrected chi connectivity index (χ3v) is 2.45. The van der Waals surface area contributed by atoms with Gasteiger partial charge >= 0.3 is 0 Å². The number of hydrogen-bond donors (Lipinski definition) is 1. The van der Waals surface area contributed by atoms with Crippen LogP contribution in [0.15, 0.2) is 18.2 Å². The van der Waals surface area contributed by atoms with E-state index in [4.69, 9.17) is 10.5 Å². The largest absolute Gasteiger partial charge is 0.481 e. The van der Waals surface area contributed by atoms with Crippen molar-refractivity contribution in [2.24, 2.45) is 5.73 Å². The number of nitrogens with zero attached hydrogens (tertiary/aromatic N) is 2. The lowest BCUT2D eigenvalue weighted by atomic mass is 10.2. The van der Waals surface area contributed by atoms with Crippen molar-refractivity contribution in [1.82, 2.24) is 0 Å². The van der Waals surface area contributed by atoms with Crippen LogP contribution in [0.3, 0.4) is 0 Å². The zero-order valence-electron chi connectivity index (χ0n) is 8.96. The van der Waals surface area contributed by atoms with Crippen LogP contribution in [0.4, 0.5) is 11.4 Å². The van der Waals surface area contributed by atoms with Crippen molar-refractivity contribution >= 4 is 17.3 Å². The number of carbonyl (C=O) groups excluding carboxylic acids is 1. The number of anilines is 1. The van der Waals surface area contributed by atoms with Crippen molar-refractivity contribution in [2.75, 3.05) is 24.6 Å². The lowest BCUT2D eigenvalue weighted by molar-refractivity contribution is -0.384. The van der Waals surface area contributed by atoms with Gasteiger partial charge in [-0.05, 0) is 6.07 Å². The van der Waals surface area contributed by atoms with E-state index in [2.05, 4.69) is 0 Å². The van der Waals surface area contributed by atoms with E-state index in [-0.39, 0.29) is 18.2 Å². The van der Waals surface area contributed by atoms with Gasteiger partial charge in [0.05, 0.1) is 16.7 Å². The SMILES string of the molecule is NCCN1C(=O)COc2cc([N+](=O)[O-])ccc21. The van der Waals surface area contributed by atoms with Gasteiger partial charge in [-0.3, -0.25) is 14.9 Å². The molecule has 1 heterocycles. The van der Waals surface area contributed by atoms with Crippen LogP contribution in [-0.2, 0) is 4.79 Å². The molecule has 0 saturated heterocycles. The molecule has 2 rings (SSSR count). The van der Waals surface area contributed by atoms with E-state index in [9.17, 15) is 14.9 Å². The molecule has 1 aliphatic heterocycles. The summed E-state index contributed by atoms with van der Waals surface area (Å²) in [7, 11) is 0. The number of rotatable bonds is 3. The fourth-order valence-corrected chi connectivity index (χ4v) is 1.68. The summed E-state index contributed by atoms with van der Waals surface area (Å²) in [6, 6.07) is 4.15. The molecule has 1 aliphatic rings. The minimum absolute atomic E-state index is 0.0641. The summed E-state index contributed by atoms with van der Waals surface area (Å²) in [4.78, 5) is 23.2. The van der Waals surface area contributed by atoms with Crippen molar-refractivity contribution in [3.05, 3.63) is 28.3 Å². The molecule has 0 bridgehead atoms. The average Bonchev–Trinajstić information content (AvgIpc) is 2.32. The van der Waals surface area contributed by atoms with Gasteiger partial charge < -0.3 is 15.4 Å². The van der Waals surface area contributed by atoms with Crippen LogP contribution in [-0.4, -0.2) is 30.5 Å². The highest BCUT2D eigenvalue weighted by Crippen LogP contribution is 2.34. The van der Waals surface area contributed by atoms with E-state index in [1.165, 1.54) is 23.1 Å². The minimum atomic E-state index is -0.507. The molecule has 1 aromatic carbocycles. The molecule has 0 saturated carbocycles. The molecule has 90 valence electrons. The number of carbonyl (C=O) groups is 1. The molecule has 2 N–H and O–H groups in total. The number of amides is 1. The molecule has 0 unspecified atom stereocenters. The predicted octanol–water partition coefficient (Wildman–Crippen LogP) is 0.279. The van der Waals surface area contributed by atoms with Gasteiger partial charge in [-0.15, -0.1) is 0 Å².